The Hall–Kier alpha value is -1.53. The molecule has 0 bridgehead atoms. The lowest BCUT2D eigenvalue weighted by Crippen LogP contribution is -2.96. The van der Waals surface area contributed by atoms with E-state index < -0.39 is 19.3 Å². The Labute approximate surface area is 154 Å². The van der Waals surface area contributed by atoms with Crippen LogP contribution in [0.1, 0.15) is 63.0 Å². The molecule has 2 unspecified atom stereocenters. The fraction of sp³-hybridized carbons (Fsp3) is 0.556. The Balaban J connectivity index is 2.22. The monoisotopic (exact) mass is 382 g/mol. The molecule has 26 heavy (non-hydrogen) atoms. The third-order valence-electron chi connectivity index (χ3n) is 5.04. The quantitative estimate of drug-likeness (QED) is 0.279. The van der Waals surface area contributed by atoms with E-state index in [1.807, 2.05) is 18.2 Å². The summed E-state index contributed by atoms with van der Waals surface area (Å²) < 4.78 is 22.8. The van der Waals surface area contributed by atoms with Crippen molar-refractivity contribution in [1.82, 2.24) is 0 Å². The zero-order valence-corrected chi connectivity index (χ0v) is 16.4. The SMILES string of the molecule is C=C[NH+]([O-])P(=O)(N=O)OCOc1c(C(C)C)cccc1[C@H](C)C1CCC1. The third kappa shape index (κ3) is 4.41. The van der Waals surface area contributed by atoms with Gasteiger partial charge >= 0.3 is 7.67 Å². The fourth-order valence-electron chi connectivity index (χ4n) is 3.15. The van der Waals surface area contributed by atoms with Gasteiger partial charge in [-0.2, -0.15) is 0 Å². The Bertz CT molecular complexity index is 690. The van der Waals surface area contributed by atoms with Crippen molar-refractivity contribution in [2.75, 3.05) is 6.79 Å². The Morgan fingerprint density at radius 2 is 2.04 bits per heavy atom. The lowest BCUT2D eigenvalue weighted by atomic mass is 9.73. The molecule has 3 atom stereocenters. The van der Waals surface area contributed by atoms with E-state index in [1.54, 1.807) is 0 Å². The van der Waals surface area contributed by atoms with Gasteiger partial charge in [-0.15, -0.1) is 4.91 Å². The number of nitrogens with one attached hydrogen (secondary N) is 1. The molecular formula is C18H27N2O5P. The van der Waals surface area contributed by atoms with Crippen LogP contribution in [0.2, 0.25) is 0 Å². The molecule has 0 aromatic heterocycles. The van der Waals surface area contributed by atoms with E-state index in [9.17, 15) is 14.7 Å². The van der Waals surface area contributed by atoms with Crippen LogP contribution in [-0.4, -0.2) is 6.79 Å². The van der Waals surface area contributed by atoms with E-state index in [4.69, 9.17) is 9.26 Å². The van der Waals surface area contributed by atoms with E-state index in [0.717, 1.165) is 17.3 Å². The minimum atomic E-state index is -4.33. The lowest BCUT2D eigenvalue weighted by molar-refractivity contribution is -0.657. The van der Waals surface area contributed by atoms with Gasteiger partial charge in [-0.3, -0.25) is 4.83 Å². The number of quaternary nitrogens is 1. The van der Waals surface area contributed by atoms with Gasteiger partial charge in [0.25, 0.3) is 0 Å². The van der Waals surface area contributed by atoms with Gasteiger partial charge in [-0.05, 0) is 48.3 Å². The molecule has 2 rings (SSSR count). The average Bonchev–Trinajstić information content (AvgIpc) is 2.58. The number of ether oxygens (including phenoxy) is 1. The van der Waals surface area contributed by atoms with Gasteiger partial charge in [-0.1, -0.05) is 45.4 Å². The second-order valence-corrected chi connectivity index (χ2v) is 8.84. The van der Waals surface area contributed by atoms with Crippen molar-refractivity contribution >= 4 is 7.67 Å². The molecule has 0 heterocycles. The van der Waals surface area contributed by atoms with Crippen molar-refractivity contribution < 1.29 is 18.7 Å². The Morgan fingerprint density at radius 3 is 2.54 bits per heavy atom. The number of hydrogen-bond acceptors (Lipinski definition) is 5. The van der Waals surface area contributed by atoms with E-state index in [0.29, 0.717) is 17.6 Å². The average molecular weight is 382 g/mol. The predicted octanol–water partition coefficient (Wildman–Crippen LogP) is 4.47. The topological polar surface area (TPSA) is 92.5 Å². The summed E-state index contributed by atoms with van der Waals surface area (Å²) >= 11 is 0. The largest absolute Gasteiger partial charge is 0.623 e. The second-order valence-electron chi connectivity index (χ2n) is 6.94. The molecular weight excluding hydrogens is 355 g/mol. The van der Waals surface area contributed by atoms with Crippen LogP contribution >= 0.6 is 7.67 Å². The van der Waals surface area contributed by atoms with Crippen LogP contribution in [0, 0.1) is 16.0 Å². The van der Waals surface area contributed by atoms with Crippen LogP contribution < -0.4 is 9.57 Å². The summed E-state index contributed by atoms with van der Waals surface area (Å²) in [5, 5.41) is 11.5. The molecule has 0 amide bonds. The number of nitroso groups, excluding NO2 is 1. The molecule has 1 fully saturated rings. The van der Waals surface area contributed by atoms with Gasteiger partial charge in [0.2, 0.25) is 6.79 Å². The zero-order valence-electron chi connectivity index (χ0n) is 15.5. The number of para-hydroxylation sites is 1. The summed E-state index contributed by atoms with van der Waals surface area (Å²) in [6.45, 7) is 9.01. The molecule has 1 aliphatic rings. The molecule has 8 heteroatoms. The van der Waals surface area contributed by atoms with Gasteiger partial charge in [0, 0.05) is 0 Å². The molecule has 0 saturated heterocycles. The number of rotatable bonds is 10. The minimum Gasteiger partial charge on any atom is -0.623 e. The van der Waals surface area contributed by atoms with E-state index in [1.165, 1.54) is 19.3 Å². The summed E-state index contributed by atoms with van der Waals surface area (Å²) in [4.78, 5) is 12.1. The fourth-order valence-corrected chi connectivity index (χ4v) is 3.83. The van der Waals surface area contributed by atoms with Gasteiger partial charge in [0.15, 0.2) is 0 Å². The maximum Gasteiger partial charge on any atom is 0.550 e. The summed E-state index contributed by atoms with van der Waals surface area (Å²) in [6.07, 6.45) is 4.41. The van der Waals surface area contributed by atoms with Crippen LogP contribution in [0.4, 0.5) is 0 Å². The highest BCUT2D eigenvalue weighted by Crippen LogP contribution is 2.44. The van der Waals surface area contributed by atoms with E-state index in [-0.39, 0.29) is 5.92 Å². The summed E-state index contributed by atoms with van der Waals surface area (Å²) in [6, 6.07) is 6.01. The summed E-state index contributed by atoms with van der Waals surface area (Å²) in [7, 11) is -4.33. The van der Waals surface area contributed by atoms with Gasteiger partial charge in [-0.25, -0.2) is 9.09 Å². The van der Waals surface area contributed by atoms with Crippen molar-refractivity contribution in [2.45, 2.75) is 51.9 Å². The normalized spacial score (nSPS) is 19.3. The number of hydroxylamine groups is 1. The van der Waals surface area contributed by atoms with Gasteiger partial charge in [0.1, 0.15) is 5.75 Å². The highest BCUT2D eigenvalue weighted by atomic mass is 31.2. The van der Waals surface area contributed by atoms with Crippen LogP contribution in [0.3, 0.4) is 0 Å². The Morgan fingerprint density at radius 1 is 1.38 bits per heavy atom. The van der Waals surface area contributed by atoms with E-state index in [2.05, 4.69) is 32.3 Å². The first-order valence-electron chi connectivity index (χ1n) is 8.86. The first-order chi connectivity index (χ1) is 12.3. The van der Waals surface area contributed by atoms with Crippen molar-refractivity contribution in [3.8, 4) is 5.75 Å². The second kappa shape index (κ2) is 8.91. The summed E-state index contributed by atoms with van der Waals surface area (Å²) in [5.41, 5.74) is 2.06. The molecule has 1 aromatic rings. The zero-order chi connectivity index (χ0) is 19.3. The highest BCUT2D eigenvalue weighted by molar-refractivity contribution is 7.50. The first-order valence-corrected chi connectivity index (χ1v) is 10.4. The molecule has 1 aromatic carbocycles. The Kier molecular flexibility index (Phi) is 7.12. The molecule has 1 aliphatic carbocycles. The molecule has 0 spiro atoms. The van der Waals surface area contributed by atoms with Crippen molar-refractivity contribution in [1.29, 1.82) is 0 Å². The lowest BCUT2D eigenvalue weighted by Gasteiger charge is -2.33. The molecule has 0 radical (unpaired) electrons. The first kappa shape index (κ1) is 20.8. The van der Waals surface area contributed by atoms with Gasteiger partial charge < -0.3 is 9.94 Å². The van der Waals surface area contributed by atoms with Crippen LogP contribution in [0.25, 0.3) is 0 Å². The van der Waals surface area contributed by atoms with Crippen LogP contribution in [0.15, 0.2) is 35.9 Å². The molecule has 1 N–H and O–H groups in total. The minimum absolute atomic E-state index is 0.212. The molecule has 1 saturated carbocycles. The number of nitrogens with zero attached hydrogens (tertiary/aromatic N) is 1. The molecule has 0 aliphatic heterocycles. The maximum absolute atomic E-state index is 12.1. The highest BCUT2D eigenvalue weighted by Gasteiger charge is 2.34. The third-order valence-corrected chi connectivity index (χ3v) is 6.45. The standard InChI is InChI=1S/C18H27N2O5P/c1-5-20(22)26(23,19-21)25-12-24-18-16(13(2)3)10-7-11-17(18)14(4)15-8-6-9-15/h5,7,10-11,13-15,20H,1,6,8-9,12H2,2-4H3/t14-,26?/m1/s1. The van der Waals surface area contributed by atoms with Gasteiger partial charge in [0.05, 0.1) is 11.1 Å². The van der Waals surface area contributed by atoms with E-state index >= 15 is 0 Å². The number of benzene rings is 1. The smallest absolute Gasteiger partial charge is 0.550 e. The van der Waals surface area contributed by atoms with Crippen molar-refractivity contribution in [2.24, 2.45) is 10.9 Å². The van der Waals surface area contributed by atoms with Crippen molar-refractivity contribution in [3.63, 3.8) is 0 Å². The van der Waals surface area contributed by atoms with Crippen molar-refractivity contribution in [3.05, 3.63) is 52.2 Å². The predicted molar refractivity (Wildman–Crippen MR) is 101 cm³/mol. The summed E-state index contributed by atoms with van der Waals surface area (Å²) in [5.74, 6) is 1.82. The van der Waals surface area contributed by atoms with Crippen LogP contribution in [0.5, 0.6) is 5.75 Å². The molecule has 144 valence electrons. The maximum atomic E-state index is 12.1. The molecule has 7 nitrogen and oxygen atoms in total. The number of hydrogen-bond donors (Lipinski definition) is 1. The van der Waals surface area contributed by atoms with Crippen LogP contribution in [-0.2, 0) is 9.09 Å².